The maximum atomic E-state index is 14.0. The number of hydrogen-bond acceptors (Lipinski definition) is 7. The number of carbonyl (C=O) groups is 3. The van der Waals surface area contributed by atoms with Gasteiger partial charge in [0.25, 0.3) is 0 Å². The molecule has 0 saturated carbocycles. The molecule has 3 heterocycles. The van der Waals surface area contributed by atoms with Gasteiger partial charge in [0, 0.05) is 12.5 Å². The molecule has 9 heteroatoms. The lowest BCUT2D eigenvalue weighted by Gasteiger charge is -2.31. The van der Waals surface area contributed by atoms with E-state index < -0.39 is 41.2 Å². The molecule has 4 atom stereocenters. The number of imide groups is 1. The first-order valence-corrected chi connectivity index (χ1v) is 13.0. The van der Waals surface area contributed by atoms with E-state index in [1.165, 1.54) is 12.1 Å². The second-order valence-corrected chi connectivity index (χ2v) is 10.2. The zero-order valence-corrected chi connectivity index (χ0v) is 21.3. The van der Waals surface area contributed by atoms with Crippen molar-refractivity contribution in [3.05, 3.63) is 83.4 Å². The Morgan fingerprint density at radius 2 is 1.62 bits per heavy atom. The Labute approximate surface area is 225 Å². The van der Waals surface area contributed by atoms with Crippen molar-refractivity contribution in [2.24, 2.45) is 11.8 Å². The van der Waals surface area contributed by atoms with Crippen LogP contribution < -0.4 is 19.7 Å². The number of aryl methyl sites for hydroxylation is 1. The molecule has 0 aromatic heterocycles. The van der Waals surface area contributed by atoms with Crippen LogP contribution in [0.4, 0.5) is 5.69 Å². The average molecular weight is 529 g/mol. The van der Waals surface area contributed by atoms with Gasteiger partial charge < -0.3 is 19.7 Å². The van der Waals surface area contributed by atoms with Gasteiger partial charge in [0.2, 0.25) is 11.8 Å². The van der Waals surface area contributed by atoms with Crippen molar-refractivity contribution in [3.8, 4) is 17.2 Å². The summed E-state index contributed by atoms with van der Waals surface area (Å²) in [6.07, 6.45) is 0.741. The molecule has 200 valence electrons. The summed E-state index contributed by atoms with van der Waals surface area (Å²) in [7, 11) is 0. The van der Waals surface area contributed by atoms with Crippen LogP contribution in [0.15, 0.2) is 66.7 Å². The Hall–Kier alpha value is -4.37. The normalized spacial score (nSPS) is 25.6. The third kappa shape index (κ3) is 4.01. The fraction of sp³-hybridized carbons (Fsp3) is 0.300. The van der Waals surface area contributed by atoms with Crippen LogP contribution in [-0.4, -0.2) is 46.7 Å². The highest BCUT2D eigenvalue weighted by molar-refractivity contribution is 6.24. The molecule has 0 bridgehead atoms. The van der Waals surface area contributed by atoms with Gasteiger partial charge in [-0.25, -0.2) is 4.90 Å². The first-order valence-electron chi connectivity index (χ1n) is 13.0. The first kappa shape index (κ1) is 24.9. The van der Waals surface area contributed by atoms with Crippen molar-refractivity contribution in [1.82, 2.24) is 5.32 Å². The second-order valence-electron chi connectivity index (χ2n) is 10.2. The lowest BCUT2D eigenvalue weighted by atomic mass is 9.76. The zero-order valence-electron chi connectivity index (χ0n) is 21.3. The number of nitrogens with zero attached hydrogens (tertiary/aromatic N) is 1. The third-order valence-electron chi connectivity index (χ3n) is 7.98. The summed E-state index contributed by atoms with van der Waals surface area (Å²) in [4.78, 5) is 42.3. The van der Waals surface area contributed by atoms with Gasteiger partial charge in [-0.3, -0.25) is 19.7 Å². The highest BCUT2D eigenvalue weighted by Crippen LogP contribution is 2.51. The van der Waals surface area contributed by atoms with Gasteiger partial charge in [-0.05, 0) is 59.5 Å². The van der Waals surface area contributed by atoms with E-state index in [2.05, 4.69) is 5.32 Å². The summed E-state index contributed by atoms with van der Waals surface area (Å²) >= 11 is 0. The Morgan fingerprint density at radius 1 is 0.949 bits per heavy atom. The number of rotatable bonds is 6. The molecule has 2 saturated heterocycles. The predicted molar refractivity (Wildman–Crippen MR) is 141 cm³/mol. The standard InChI is InChI=1S/C30H28N2O7/c1-2-17-3-8-20(9-4-17)32-27(34)24-25(28(32)35)30(29(36)37,16-18-5-10-21(33)11-6-18)31-26(24)19-7-12-22-23(15-19)39-14-13-38-22/h3-12,15,24-26,31,33H,2,13-14,16H2,1H3,(H,36,37). The van der Waals surface area contributed by atoms with E-state index in [4.69, 9.17) is 9.47 Å². The van der Waals surface area contributed by atoms with Crippen LogP contribution in [0, 0.1) is 11.8 Å². The van der Waals surface area contributed by atoms with E-state index >= 15 is 0 Å². The van der Waals surface area contributed by atoms with E-state index in [1.54, 1.807) is 42.5 Å². The second kappa shape index (κ2) is 9.43. The number of phenolic OH excluding ortho intramolecular Hbond substituents is 1. The minimum Gasteiger partial charge on any atom is -0.508 e. The smallest absolute Gasteiger partial charge is 0.325 e. The Bertz CT molecular complexity index is 1450. The van der Waals surface area contributed by atoms with E-state index in [9.17, 15) is 24.6 Å². The molecule has 39 heavy (non-hydrogen) atoms. The molecular weight excluding hydrogens is 500 g/mol. The van der Waals surface area contributed by atoms with Crippen molar-refractivity contribution >= 4 is 23.5 Å². The Balaban J connectivity index is 1.47. The number of carbonyl (C=O) groups excluding carboxylic acids is 2. The van der Waals surface area contributed by atoms with Crippen molar-refractivity contribution in [2.45, 2.75) is 31.3 Å². The number of fused-ring (bicyclic) bond motifs is 2. The molecule has 6 rings (SSSR count). The van der Waals surface area contributed by atoms with Gasteiger partial charge in [-0.15, -0.1) is 0 Å². The number of aliphatic carboxylic acids is 1. The summed E-state index contributed by atoms with van der Waals surface area (Å²) in [5, 5.41) is 23.6. The van der Waals surface area contributed by atoms with Crippen LogP contribution >= 0.6 is 0 Å². The van der Waals surface area contributed by atoms with Crippen molar-refractivity contribution in [3.63, 3.8) is 0 Å². The maximum Gasteiger partial charge on any atom is 0.325 e. The molecule has 0 aliphatic carbocycles. The molecule has 3 aliphatic heterocycles. The monoisotopic (exact) mass is 528 g/mol. The summed E-state index contributed by atoms with van der Waals surface area (Å²) in [5.41, 5.74) is 0.940. The summed E-state index contributed by atoms with van der Waals surface area (Å²) < 4.78 is 11.4. The van der Waals surface area contributed by atoms with E-state index in [0.717, 1.165) is 16.9 Å². The number of phenols is 1. The molecule has 3 aliphatic rings. The van der Waals surface area contributed by atoms with Gasteiger partial charge in [0.1, 0.15) is 24.5 Å². The van der Waals surface area contributed by atoms with Gasteiger partial charge >= 0.3 is 5.97 Å². The number of hydrogen-bond donors (Lipinski definition) is 3. The van der Waals surface area contributed by atoms with E-state index in [-0.39, 0.29) is 12.2 Å². The van der Waals surface area contributed by atoms with Crippen molar-refractivity contribution in [2.75, 3.05) is 18.1 Å². The number of amides is 2. The van der Waals surface area contributed by atoms with Gasteiger partial charge in [0.05, 0.1) is 17.5 Å². The predicted octanol–water partition coefficient (Wildman–Crippen LogP) is 3.24. The molecule has 0 radical (unpaired) electrons. The number of anilines is 1. The lowest BCUT2D eigenvalue weighted by molar-refractivity contribution is -0.148. The topological polar surface area (TPSA) is 125 Å². The number of carboxylic acid groups (broad SMARTS) is 1. The van der Waals surface area contributed by atoms with E-state index in [0.29, 0.717) is 41.5 Å². The number of nitrogens with one attached hydrogen (secondary N) is 1. The first-order chi connectivity index (χ1) is 18.8. The van der Waals surface area contributed by atoms with Crippen LogP contribution in [-0.2, 0) is 27.2 Å². The Morgan fingerprint density at radius 3 is 2.28 bits per heavy atom. The highest BCUT2D eigenvalue weighted by Gasteiger charge is 2.68. The summed E-state index contributed by atoms with van der Waals surface area (Å²) in [6.45, 7) is 2.81. The minimum absolute atomic E-state index is 0.0448. The van der Waals surface area contributed by atoms with Gasteiger partial charge in [-0.1, -0.05) is 37.3 Å². The molecule has 3 N–H and O–H groups in total. The van der Waals surface area contributed by atoms with Crippen LogP contribution in [0.5, 0.6) is 17.2 Å². The molecular formula is C30H28N2O7. The lowest BCUT2D eigenvalue weighted by Crippen LogP contribution is -2.57. The highest BCUT2D eigenvalue weighted by atomic mass is 16.6. The van der Waals surface area contributed by atoms with Crippen LogP contribution in [0.2, 0.25) is 0 Å². The quantitative estimate of drug-likeness (QED) is 0.417. The van der Waals surface area contributed by atoms with Gasteiger partial charge in [-0.2, -0.15) is 0 Å². The zero-order chi connectivity index (χ0) is 27.3. The minimum atomic E-state index is -1.77. The van der Waals surface area contributed by atoms with Crippen LogP contribution in [0.3, 0.4) is 0 Å². The molecule has 2 fully saturated rings. The molecule has 3 aromatic rings. The molecule has 2 amide bonds. The number of ether oxygens (including phenoxy) is 2. The molecule has 4 unspecified atom stereocenters. The molecule has 9 nitrogen and oxygen atoms in total. The molecule has 0 spiro atoms. The summed E-state index contributed by atoms with van der Waals surface area (Å²) in [6, 6.07) is 17.9. The number of benzene rings is 3. The third-order valence-corrected chi connectivity index (χ3v) is 7.98. The Kier molecular flexibility index (Phi) is 6.03. The average Bonchev–Trinajstić information content (AvgIpc) is 3.43. The SMILES string of the molecule is CCc1ccc(N2C(=O)C3C(c4ccc5c(c4)OCCO5)NC(Cc4ccc(O)cc4)(C(=O)O)C3C2=O)cc1. The largest absolute Gasteiger partial charge is 0.508 e. The van der Waals surface area contributed by atoms with Crippen molar-refractivity contribution < 1.29 is 34.1 Å². The fourth-order valence-electron chi connectivity index (χ4n) is 6.05. The summed E-state index contributed by atoms with van der Waals surface area (Å²) in [5.74, 6) is -3.23. The number of aromatic hydroxyl groups is 1. The maximum absolute atomic E-state index is 14.0. The van der Waals surface area contributed by atoms with Crippen molar-refractivity contribution in [1.29, 1.82) is 0 Å². The van der Waals surface area contributed by atoms with Crippen LogP contribution in [0.25, 0.3) is 0 Å². The fourth-order valence-corrected chi connectivity index (χ4v) is 6.05. The van der Waals surface area contributed by atoms with Crippen LogP contribution in [0.1, 0.15) is 29.7 Å². The van der Waals surface area contributed by atoms with E-state index in [1.807, 2.05) is 19.1 Å². The van der Waals surface area contributed by atoms with Gasteiger partial charge in [0.15, 0.2) is 11.5 Å². The number of carboxylic acids is 1. The molecule has 3 aromatic carbocycles.